The maximum absolute atomic E-state index is 11.9. The summed E-state index contributed by atoms with van der Waals surface area (Å²) < 4.78 is 7.40. The van der Waals surface area contributed by atoms with Gasteiger partial charge in [-0.1, -0.05) is 27.7 Å². The third kappa shape index (κ3) is 7.53. The Kier molecular flexibility index (Phi) is 9.61. The van der Waals surface area contributed by atoms with E-state index in [1.807, 2.05) is 66.3 Å². The fourth-order valence-electron chi connectivity index (χ4n) is 2.27. The summed E-state index contributed by atoms with van der Waals surface area (Å²) in [4.78, 5) is 13.7. The molecule has 23 heavy (non-hydrogen) atoms. The molecule has 2 heterocycles. The number of rotatable bonds is 1. The Morgan fingerprint density at radius 3 is 2.09 bits per heavy atom. The Morgan fingerprint density at radius 1 is 1.17 bits per heavy atom. The number of hydrogen-bond donors (Lipinski definition) is 0. The van der Waals surface area contributed by atoms with E-state index < -0.39 is 5.60 Å². The second-order valence-corrected chi connectivity index (χ2v) is 6.20. The van der Waals surface area contributed by atoms with Gasteiger partial charge in [0.25, 0.3) is 0 Å². The third-order valence-corrected chi connectivity index (χ3v) is 3.22. The molecule has 2 rings (SSSR count). The van der Waals surface area contributed by atoms with E-state index in [-0.39, 0.29) is 6.09 Å². The highest BCUT2D eigenvalue weighted by atomic mass is 16.6. The predicted molar refractivity (Wildman–Crippen MR) is 95.7 cm³/mol. The average molecular weight is 325 g/mol. The molecule has 0 saturated carbocycles. The molecule has 1 fully saturated rings. The average Bonchev–Trinajstić information content (AvgIpc) is 2.96. The maximum atomic E-state index is 11.9. The molecule has 1 aromatic rings. The van der Waals surface area contributed by atoms with E-state index in [0.717, 1.165) is 25.9 Å². The lowest BCUT2D eigenvalue weighted by Gasteiger charge is -2.33. The van der Waals surface area contributed by atoms with Crippen LogP contribution in [0, 0.1) is 6.92 Å². The van der Waals surface area contributed by atoms with Crippen molar-refractivity contribution in [2.24, 2.45) is 0 Å². The molecule has 0 bridgehead atoms. The summed E-state index contributed by atoms with van der Waals surface area (Å²) in [7, 11) is 0. The first-order chi connectivity index (χ1) is 10.8. The van der Waals surface area contributed by atoms with Gasteiger partial charge < -0.3 is 9.64 Å². The normalized spacial score (nSPS) is 15.0. The van der Waals surface area contributed by atoms with Gasteiger partial charge in [-0.2, -0.15) is 5.10 Å². The zero-order valence-electron chi connectivity index (χ0n) is 16.2. The number of hydrogen-bond acceptors (Lipinski definition) is 3. The molecular formula is C18H35N3O2. The summed E-state index contributed by atoms with van der Waals surface area (Å²) in [5.41, 5.74) is 0.752. The molecule has 1 aliphatic heterocycles. The van der Waals surface area contributed by atoms with Crippen LogP contribution in [0.1, 0.15) is 72.9 Å². The summed E-state index contributed by atoms with van der Waals surface area (Å²) in [6.45, 7) is 17.2. The lowest BCUT2D eigenvalue weighted by atomic mass is 10.1. The van der Waals surface area contributed by atoms with Crippen molar-refractivity contribution >= 4 is 6.09 Å². The molecule has 0 atom stereocenters. The smallest absolute Gasteiger partial charge is 0.410 e. The molecule has 1 aromatic heterocycles. The minimum Gasteiger partial charge on any atom is -0.444 e. The van der Waals surface area contributed by atoms with E-state index in [4.69, 9.17) is 4.74 Å². The van der Waals surface area contributed by atoms with E-state index >= 15 is 0 Å². The molecule has 0 aliphatic carbocycles. The molecule has 0 aromatic carbocycles. The highest BCUT2D eigenvalue weighted by molar-refractivity contribution is 5.68. The highest BCUT2D eigenvalue weighted by Gasteiger charge is 2.27. The van der Waals surface area contributed by atoms with Crippen molar-refractivity contribution in [2.45, 2.75) is 79.9 Å². The number of aromatic nitrogens is 2. The molecule has 0 N–H and O–H groups in total. The van der Waals surface area contributed by atoms with E-state index in [2.05, 4.69) is 11.3 Å². The van der Waals surface area contributed by atoms with E-state index in [1.54, 1.807) is 4.90 Å². The number of nitrogens with zero attached hydrogens (tertiary/aromatic N) is 3. The van der Waals surface area contributed by atoms with Crippen LogP contribution in [-0.4, -0.2) is 39.5 Å². The van der Waals surface area contributed by atoms with Gasteiger partial charge in [-0.05, 0) is 46.1 Å². The number of likely N-dealkylation sites (tertiary alicyclic amines) is 1. The lowest BCUT2D eigenvalue weighted by Crippen LogP contribution is -2.42. The Bertz CT molecular complexity index is 441. The summed E-state index contributed by atoms with van der Waals surface area (Å²) in [6, 6.07) is 0.396. The SMILES string of the molecule is CC.CC.Cc1cnn(C2CCN(C(=O)OC(C)(C)C)CC2)c1. The van der Waals surface area contributed by atoms with Crippen LogP contribution in [-0.2, 0) is 4.74 Å². The Labute approximate surface area is 142 Å². The van der Waals surface area contributed by atoms with Crippen molar-refractivity contribution in [3.63, 3.8) is 0 Å². The molecule has 0 unspecified atom stereocenters. The van der Waals surface area contributed by atoms with Gasteiger partial charge in [0.15, 0.2) is 0 Å². The summed E-state index contributed by atoms with van der Waals surface area (Å²) in [5.74, 6) is 0. The number of amides is 1. The fraction of sp³-hybridized carbons (Fsp3) is 0.778. The van der Waals surface area contributed by atoms with Gasteiger partial charge in [-0.15, -0.1) is 0 Å². The van der Waals surface area contributed by atoms with Crippen molar-refractivity contribution in [3.05, 3.63) is 18.0 Å². The van der Waals surface area contributed by atoms with Gasteiger partial charge in [0.05, 0.1) is 12.2 Å². The van der Waals surface area contributed by atoms with Crippen LogP contribution in [0.15, 0.2) is 12.4 Å². The number of ether oxygens (including phenoxy) is 1. The molecule has 1 saturated heterocycles. The molecule has 5 nitrogen and oxygen atoms in total. The minimum atomic E-state index is -0.424. The standard InChI is InChI=1S/C14H23N3O2.2C2H6/c1-11-9-15-17(10-11)12-5-7-16(8-6-12)13(18)19-14(2,3)4;2*1-2/h9-10,12H,5-8H2,1-4H3;2*1-2H3. The topological polar surface area (TPSA) is 47.4 Å². The molecule has 5 heteroatoms. The second kappa shape index (κ2) is 10.3. The number of carbonyl (C=O) groups is 1. The molecule has 1 amide bonds. The molecule has 1 aliphatic rings. The van der Waals surface area contributed by atoms with Gasteiger partial charge in [0.2, 0.25) is 0 Å². The van der Waals surface area contributed by atoms with Crippen molar-refractivity contribution in [1.29, 1.82) is 0 Å². The monoisotopic (exact) mass is 325 g/mol. The fourth-order valence-corrected chi connectivity index (χ4v) is 2.27. The molecule has 134 valence electrons. The quantitative estimate of drug-likeness (QED) is 0.744. The van der Waals surface area contributed by atoms with E-state index in [1.165, 1.54) is 5.56 Å². The van der Waals surface area contributed by atoms with Gasteiger partial charge in [0.1, 0.15) is 5.60 Å². The van der Waals surface area contributed by atoms with Crippen LogP contribution in [0.3, 0.4) is 0 Å². The van der Waals surface area contributed by atoms with Crippen molar-refractivity contribution in [3.8, 4) is 0 Å². The number of aryl methyl sites for hydroxylation is 1. The van der Waals surface area contributed by atoms with Gasteiger partial charge in [0, 0.05) is 19.3 Å². The van der Waals surface area contributed by atoms with Crippen LogP contribution < -0.4 is 0 Å². The van der Waals surface area contributed by atoms with Crippen LogP contribution in [0.5, 0.6) is 0 Å². The van der Waals surface area contributed by atoms with Crippen LogP contribution in [0.4, 0.5) is 4.79 Å². The number of carbonyl (C=O) groups excluding carboxylic acids is 1. The molecule has 0 radical (unpaired) electrons. The van der Waals surface area contributed by atoms with E-state index in [9.17, 15) is 4.79 Å². The Balaban J connectivity index is 0.00000112. The number of piperidine rings is 1. The van der Waals surface area contributed by atoms with Crippen LogP contribution >= 0.6 is 0 Å². The Hall–Kier alpha value is -1.52. The first-order valence-electron chi connectivity index (χ1n) is 8.84. The lowest BCUT2D eigenvalue weighted by molar-refractivity contribution is 0.0185. The molecular weight excluding hydrogens is 290 g/mol. The summed E-state index contributed by atoms with van der Waals surface area (Å²) >= 11 is 0. The van der Waals surface area contributed by atoms with Crippen molar-refractivity contribution in [1.82, 2.24) is 14.7 Å². The summed E-state index contributed by atoms with van der Waals surface area (Å²) in [5, 5.41) is 4.35. The van der Waals surface area contributed by atoms with Crippen molar-refractivity contribution in [2.75, 3.05) is 13.1 Å². The molecule has 0 spiro atoms. The van der Waals surface area contributed by atoms with Gasteiger partial charge in [-0.3, -0.25) is 4.68 Å². The summed E-state index contributed by atoms with van der Waals surface area (Å²) in [6.07, 6.45) is 5.59. The Morgan fingerprint density at radius 2 is 1.70 bits per heavy atom. The van der Waals surface area contributed by atoms with Gasteiger partial charge >= 0.3 is 6.09 Å². The van der Waals surface area contributed by atoms with E-state index in [0.29, 0.717) is 6.04 Å². The van der Waals surface area contributed by atoms with Gasteiger partial charge in [-0.25, -0.2) is 4.79 Å². The second-order valence-electron chi connectivity index (χ2n) is 6.20. The zero-order valence-corrected chi connectivity index (χ0v) is 16.2. The largest absolute Gasteiger partial charge is 0.444 e. The third-order valence-electron chi connectivity index (χ3n) is 3.22. The minimum absolute atomic E-state index is 0.206. The van der Waals surface area contributed by atoms with Crippen LogP contribution in [0.25, 0.3) is 0 Å². The first-order valence-corrected chi connectivity index (χ1v) is 8.84. The maximum Gasteiger partial charge on any atom is 0.410 e. The highest BCUT2D eigenvalue weighted by Crippen LogP contribution is 2.23. The first kappa shape index (κ1) is 21.5. The van der Waals surface area contributed by atoms with Crippen LogP contribution in [0.2, 0.25) is 0 Å². The zero-order chi connectivity index (χ0) is 18.0. The predicted octanol–water partition coefficient (Wildman–Crippen LogP) is 4.82. The van der Waals surface area contributed by atoms with Crippen molar-refractivity contribution < 1.29 is 9.53 Å².